The Morgan fingerprint density at radius 2 is 2.00 bits per heavy atom. The lowest BCUT2D eigenvalue weighted by Crippen LogP contribution is -2.60. The molecule has 1 aliphatic rings. The second kappa shape index (κ2) is 5.32. The van der Waals surface area contributed by atoms with Crippen LogP contribution in [0, 0.1) is 11.3 Å². The van der Waals surface area contributed by atoms with Crippen molar-refractivity contribution in [2.24, 2.45) is 11.7 Å². The van der Waals surface area contributed by atoms with Gasteiger partial charge in [-0.3, -0.25) is 5.41 Å². The van der Waals surface area contributed by atoms with E-state index in [2.05, 4.69) is 16.4 Å². The van der Waals surface area contributed by atoms with E-state index in [1.165, 1.54) is 0 Å². The summed E-state index contributed by atoms with van der Waals surface area (Å²) in [5.41, 5.74) is 4.68. The van der Waals surface area contributed by atoms with Crippen LogP contribution >= 0.6 is 0 Å². The monoisotopic (exact) mass is 262 g/mol. The second-order valence-electron chi connectivity index (χ2n) is 4.78. The minimum Gasteiger partial charge on any atom is -0.386 e. The number of nitrogens with two attached hydrogens (primary N) is 1. The average Bonchev–Trinajstić information content (AvgIpc) is 2.21. The summed E-state index contributed by atoms with van der Waals surface area (Å²) in [5.74, 6) is 0.469. The van der Waals surface area contributed by atoms with E-state index in [1.54, 1.807) is 6.92 Å². The highest BCUT2D eigenvalue weighted by molar-refractivity contribution is 7.87. The predicted molar refractivity (Wildman–Crippen MR) is 68.0 cm³/mol. The van der Waals surface area contributed by atoms with Crippen molar-refractivity contribution in [3.8, 4) is 0 Å². The van der Waals surface area contributed by atoms with E-state index in [0.29, 0.717) is 25.3 Å². The fraction of sp³-hybridized carbons (Fsp3) is 0.900. The molecule has 1 aliphatic carbocycles. The molecule has 1 saturated carbocycles. The van der Waals surface area contributed by atoms with Gasteiger partial charge in [-0.25, -0.2) is 4.72 Å². The lowest BCUT2D eigenvalue weighted by molar-refractivity contribution is 0.285. The van der Waals surface area contributed by atoms with Gasteiger partial charge in [0.2, 0.25) is 0 Å². The zero-order chi connectivity index (χ0) is 13.1. The first-order valence-electron chi connectivity index (χ1n) is 5.94. The van der Waals surface area contributed by atoms with Gasteiger partial charge in [0, 0.05) is 6.54 Å². The van der Waals surface area contributed by atoms with Gasteiger partial charge in [0.15, 0.2) is 0 Å². The van der Waals surface area contributed by atoms with Gasteiger partial charge in [0.25, 0.3) is 10.2 Å². The zero-order valence-corrected chi connectivity index (χ0v) is 11.2. The molecule has 0 atom stereocenters. The summed E-state index contributed by atoms with van der Waals surface area (Å²) in [7, 11) is -3.57. The molecule has 1 fully saturated rings. The topological polar surface area (TPSA) is 108 Å². The predicted octanol–water partition coefficient (Wildman–Crippen LogP) is 0.315. The van der Waals surface area contributed by atoms with Crippen molar-refractivity contribution in [1.82, 2.24) is 9.44 Å². The Hall–Kier alpha value is -0.660. The first-order valence-corrected chi connectivity index (χ1v) is 7.43. The van der Waals surface area contributed by atoms with Gasteiger partial charge in [-0.05, 0) is 31.6 Å². The molecule has 0 heterocycles. The van der Waals surface area contributed by atoms with Crippen molar-refractivity contribution in [3.63, 3.8) is 0 Å². The highest BCUT2D eigenvalue weighted by Gasteiger charge is 2.40. The quantitative estimate of drug-likeness (QED) is 0.423. The van der Waals surface area contributed by atoms with Gasteiger partial charge >= 0.3 is 0 Å². The van der Waals surface area contributed by atoms with E-state index in [-0.39, 0.29) is 5.84 Å². The van der Waals surface area contributed by atoms with Gasteiger partial charge in [-0.1, -0.05) is 13.8 Å². The Kier molecular flexibility index (Phi) is 4.51. The van der Waals surface area contributed by atoms with E-state index >= 15 is 0 Å². The molecule has 0 aliphatic heterocycles. The van der Waals surface area contributed by atoms with Crippen molar-refractivity contribution >= 4 is 16.0 Å². The van der Waals surface area contributed by atoms with Crippen molar-refractivity contribution in [2.75, 3.05) is 6.54 Å². The minimum absolute atomic E-state index is 0.0918. The molecule has 0 aromatic heterocycles. The Bertz CT molecular complexity index is 372. The van der Waals surface area contributed by atoms with Crippen molar-refractivity contribution in [1.29, 1.82) is 5.41 Å². The number of amidine groups is 1. The first kappa shape index (κ1) is 14.4. The maximum Gasteiger partial charge on any atom is 0.277 e. The molecule has 0 bridgehead atoms. The third-order valence-electron chi connectivity index (χ3n) is 3.31. The minimum atomic E-state index is -3.57. The first-order chi connectivity index (χ1) is 7.81. The molecule has 0 radical (unpaired) electrons. The third kappa shape index (κ3) is 3.65. The highest BCUT2D eigenvalue weighted by atomic mass is 32.2. The molecule has 0 saturated heterocycles. The molecule has 0 unspecified atom stereocenters. The molecule has 17 heavy (non-hydrogen) atoms. The summed E-state index contributed by atoms with van der Waals surface area (Å²) in [6.45, 7) is 4.16. The SMILES string of the molecule is CCNS(=O)(=O)NC1(C(=N)N)CCC(C)CC1. The lowest BCUT2D eigenvalue weighted by atomic mass is 9.77. The highest BCUT2D eigenvalue weighted by Crippen LogP contribution is 2.32. The van der Waals surface area contributed by atoms with Crippen LogP contribution in [0.2, 0.25) is 0 Å². The van der Waals surface area contributed by atoms with Crippen molar-refractivity contribution in [2.45, 2.75) is 45.1 Å². The van der Waals surface area contributed by atoms with Gasteiger partial charge in [0.05, 0.1) is 5.54 Å². The molecular formula is C10H22N4O2S. The Labute approximate surface area is 103 Å². The number of hydrogen-bond acceptors (Lipinski definition) is 3. The van der Waals surface area contributed by atoms with Crippen LogP contribution in [-0.2, 0) is 10.2 Å². The van der Waals surface area contributed by atoms with Crippen LogP contribution in [0.15, 0.2) is 0 Å². The molecule has 0 spiro atoms. The Morgan fingerprint density at radius 1 is 1.47 bits per heavy atom. The van der Waals surface area contributed by atoms with Crippen LogP contribution in [0.25, 0.3) is 0 Å². The molecule has 0 aromatic rings. The fourth-order valence-corrected chi connectivity index (χ4v) is 3.45. The molecule has 5 N–H and O–H groups in total. The van der Waals surface area contributed by atoms with E-state index in [9.17, 15) is 8.42 Å². The zero-order valence-electron chi connectivity index (χ0n) is 10.4. The van der Waals surface area contributed by atoms with Crippen LogP contribution in [0.1, 0.15) is 39.5 Å². The molecule has 1 rings (SSSR count). The Morgan fingerprint density at radius 3 is 2.41 bits per heavy atom. The van der Waals surface area contributed by atoms with Crippen LogP contribution < -0.4 is 15.2 Å². The summed E-state index contributed by atoms with van der Waals surface area (Å²) >= 11 is 0. The smallest absolute Gasteiger partial charge is 0.277 e. The van der Waals surface area contributed by atoms with Crippen LogP contribution in [0.3, 0.4) is 0 Å². The molecule has 0 aromatic carbocycles. The molecule has 100 valence electrons. The van der Waals surface area contributed by atoms with E-state index in [1.807, 2.05) is 0 Å². The standard InChI is InChI=1S/C10H22N4O2S/c1-3-13-17(15,16)14-10(9(11)12)6-4-8(2)5-7-10/h8,13-14H,3-7H2,1-2H3,(H3,11,12). The second-order valence-corrected chi connectivity index (χ2v) is 6.28. The molecule has 0 amide bonds. The van der Waals surface area contributed by atoms with Crippen LogP contribution in [0.5, 0.6) is 0 Å². The van der Waals surface area contributed by atoms with Gasteiger partial charge in [-0.2, -0.15) is 13.1 Å². The maximum atomic E-state index is 11.7. The van der Waals surface area contributed by atoms with Gasteiger partial charge in [-0.15, -0.1) is 0 Å². The van der Waals surface area contributed by atoms with Crippen LogP contribution in [0.4, 0.5) is 0 Å². The summed E-state index contributed by atoms with van der Waals surface area (Å²) in [6.07, 6.45) is 2.95. The summed E-state index contributed by atoms with van der Waals surface area (Å²) < 4.78 is 28.3. The fourth-order valence-electron chi connectivity index (χ4n) is 2.16. The molecule has 6 nitrogen and oxygen atoms in total. The van der Waals surface area contributed by atoms with Crippen molar-refractivity contribution in [3.05, 3.63) is 0 Å². The number of rotatable bonds is 5. The maximum absolute atomic E-state index is 11.7. The molecule has 7 heteroatoms. The largest absolute Gasteiger partial charge is 0.386 e. The number of hydrogen-bond donors (Lipinski definition) is 4. The summed E-state index contributed by atoms with van der Waals surface area (Å²) in [5, 5.41) is 7.64. The van der Waals surface area contributed by atoms with Gasteiger partial charge < -0.3 is 5.73 Å². The summed E-state index contributed by atoms with van der Waals surface area (Å²) in [4.78, 5) is 0. The average molecular weight is 262 g/mol. The molecular weight excluding hydrogens is 240 g/mol. The van der Waals surface area contributed by atoms with E-state index in [4.69, 9.17) is 11.1 Å². The lowest BCUT2D eigenvalue weighted by Gasteiger charge is -2.38. The van der Waals surface area contributed by atoms with E-state index < -0.39 is 15.7 Å². The van der Waals surface area contributed by atoms with Crippen LogP contribution in [-0.4, -0.2) is 26.3 Å². The van der Waals surface area contributed by atoms with E-state index in [0.717, 1.165) is 12.8 Å². The normalized spacial score (nSPS) is 30.1. The third-order valence-corrected chi connectivity index (χ3v) is 4.64. The number of nitrogens with one attached hydrogen (secondary N) is 3. The van der Waals surface area contributed by atoms with Gasteiger partial charge in [0.1, 0.15) is 5.84 Å². The summed E-state index contributed by atoms with van der Waals surface area (Å²) in [6, 6.07) is 0. The van der Waals surface area contributed by atoms with Crippen molar-refractivity contribution < 1.29 is 8.42 Å². The Balaban J connectivity index is 2.84.